The number of hydrogen-bond donors (Lipinski definition) is 1. The normalized spacial score (nSPS) is 10.7. The Kier molecular flexibility index (Phi) is 4.37. The Labute approximate surface area is 125 Å². The number of aryl methyl sites for hydroxylation is 2. The van der Waals surface area contributed by atoms with Gasteiger partial charge in [-0.15, -0.1) is 0 Å². The molecule has 1 heterocycles. The van der Waals surface area contributed by atoms with Crippen molar-refractivity contribution >= 4 is 33.2 Å². The highest BCUT2D eigenvalue weighted by Gasteiger charge is 2.16. The van der Waals surface area contributed by atoms with Gasteiger partial charge < -0.3 is 10.5 Å². The standard InChI is InChI=1S/C13H15BrClN3O/c1-3-4-10-12(16)13(18(2)17-10)19-11-6-5-8(14)7-9(11)15/h5-7H,3-4,16H2,1-2H3. The zero-order valence-corrected chi connectivity index (χ0v) is 13.1. The topological polar surface area (TPSA) is 53.1 Å². The fraction of sp³-hybridized carbons (Fsp3) is 0.308. The second-order valence-electron chi connectivity index (χ2n) is 4.22. The molecule has 102 valence electrons. The van der Waals surface area contributed by atoms with Crippen LogP contribution in [0.3, 0.4) is 0 Å². The summed E-state index contributed by atoms with van der Waals surface area (Å²) in [6.07, 6.45) is 1.82. The third-order valence-corrected chi connectivity index (χ3v) is 3.48. The molecule has 4 nitrogen and oxygen atoms in total. The molecule has 0 aliphatic carbocycles. The lowest BCUT2D eigenvalue weighted by Gasteiger charge is -2.08. The first-order valence-corrected chi connectivity index (χ1v) is 7.14. The van der Waals surface area contributed by atoms with Crippen LogP contribution in [0.5, 0.6) is 11.6 Å². The molecule has 19 heavy (non-hydrogen) atoms. The largest absolute Gasteiger partial charge is 0.436 e. The van der Waals surface area contributed by atoms with E-state index in [1.165, 1.54) is 0 Å². The van der Waals surface area contributed by atoms with Gasteiger partial charge in [0.05, 0.1) is 10.7 Å². The van der Waals surface area contributed by atoms with Gasteiger partial charge in [0.2, 0.25) is 5.88 Å². The summed E-state index contributed by atoms with van der Waals surface area (Å²) in [6, 6.07) is 5.43. The summed E-state index contributed by atoms with van der Waals surface area (Å²) >= 11 is 9.48. The van der Waals surface area contributed by atoms with Crippen LogP contribution >= 0.6 is 27.5 Å². The van der Waals surface area contributed by atoms with E-state index in [0.717, 1.165) is 23.0 Å². The van der Waals surface area contributed by atoms with Gasteiger partial charge in [-0.05, 0) is 24.6 Å². The predicted octanol–water partition coefficient (Wildman–Crippen LogP) is 4.16. The van der Waals surface area contributed by atoms with Crippen LogP contribution in [0.25, 0.3) is 0 Å². The first kappa shape index (κ1) is 14.2. The summed E-state index contributed by atoms with van der Waals surface area (Å²) in [5.74, 6) is 1.08. The quantitative estimate of drug-likeness (QED) is 0.906. The third-order valence-electron chi connectivity index (χ3n) is 2.69. The van der Waals surface area contributed by atoms with Gasteiger partial charge in [-0.3, -0.25) is 0 Å². The maximum atomic E-state index is 6.13. The fourth-order valence-corrected chi connectivity index (χ4v) is 2.49. The van der Waals surface area contributed by atoms with Crippen molar-refractivity contribution in [3.8, 4) is 11.6 Å². The number of nitrogens with zero attached hydrogens (tertiary/aromatic N) is 2. The zero-order valence-electron chi connectivity index (χ0n) is 10.8. The number of nitrogen functional groups attached to an aromatic ring is 1. The Bertz CT molecular complexity index is 598. The van der Waals surface area contributed by atoms with Gasteiger partial charge in [0.15, 0.2) is 0 Å². The molecule has 1 aromatic heterocycles. The molecule has 0 radical (unpaired) electrons. The number of hydrogen-bond acceptors (Lipinski definition) is 3. The van der Waals surface area contributed by atoms with E-state index in [1.807, 2.05) is 6.07 Å². The van der Waals surface area contributed by atoms with Crippen molar-refractivity contribution in [3.63, 3.8) is 0 Å². The molecule has 0 aliphatic rings. The summed E-state index contributed by atoms with van der Waals surface area (Å²) < 4.78 is 8.31. The van der Waals surface area contributed by atoms with E-state index in [4.69, 9.17) is 22.1 Å². The molecule has 0 saturated heterocycles. The second kappa shape index (κ2) is 5.84. The Morgan fingerprint density at radius 2 is 2.21 bits per heavy atom. The van der Waals surface area contributed by atoms with Crippen LogP contribution in [0, 0.1) is 0 Å². The van der Waals surface area contributed by atoms with Gasteiger partial charge in [-0.2, -0.15) is 5.10 Å². The van der Waals surface area contributed by atoms with E-state index in [-0.39, 0.29) is 0 Å². The molecule has 2 N–H and O–H groups in total. The van der Waals surface area contributed by atoms with Crippen molar-refractivity contribution in [3.05, 3.63) is 33.4 Å². The lowest BCUT2D eigenvalue weighted by Crippen LogP contribution is -1.97. The molecule has 0 amide bonds. The summed E-state index contributed by atoms with van der Waals surface area (Å²) in [6.45, 7) is 2.08. The van der Waals surface area contributed by atoms with E-state index < -0.39 is 0 Å². The van der Waals surface area contributed by atoms with Gasteiger partial charge >= 0.3 is 0 Å². The van der Waals surface area contributed by atoms with Gasteiger partial charge in [0.25, 0.3) is 0 Å². The van der Waals surface area contributed by atoms with Crippen molar-refractivity contribution in [2.45, 2.75) is 19.8 Å². The molecule has 0 unspecified atom stereocenters. The van der Waals surface area contributed by atoms with Gasteiger partial charge in [0.1, 0.15) is 11.4 Å². The van der Waals surface area contributed by atoms with Crippen LogP contribution < -0.4 is 10.5 Å². The number of ether oxygens (including phenoxy) is 1. The molecule has 2 rings (SSSR count). The molecule has 1 aromatic carbocycles. The SMILES string of the molecule is CCCc1nn(C)c(Oc2ccc(Br)cc2Cl)c1N. The summed E-state index contributed by atoms with van der Waals surface area (Å²) in [7, 11) is 1.80. The minimum Gasteiger partial charge on any atom is -0.436 e. The molecular weight excluding hydrogens is 330 g/mol. The van der Waals surface area contributed by atoms with Crippen LogP contribution in [-0.2, 0) is 13.5 Å². The summed E-state index contributed by atoms with van der Waals surface area (Å²) in [5.41, 5.74) is 7.48. The van der Waals surface area contributed by atoms with Crippen molar-refractivity contribution in [1.29, 1.82) is 0 Å². The maximum Gasteiger partial charge on any atom is 0.241 e. The fourth-order valence-electron chi connectivity index (χ4n) is 1.78. The second-order valence-corrected chi connectivity index (χ2v) is 5.54. The highest BCUT2D eigenvalue weighted by Crippen LogP contribution is 2.35. The van der Waals surface area contributed by atoms with Gasteiger partial charge in [-0.25, -0.2) is 4.68 Å². The zero-order chi connectivity index (χ0) is 14.0. The van der Waals surface area contributed by atoms with Crippen molar-refractivity contribution in [2.24, 2.45) is 7.05 Å². The van der Waals surface area contributed by atoms with Crippen LogP contribution in [0.4, 0.5) is 5.69 Å². The Hall–Kier alpha value is -1.20. The number of rotatable bonds is 4. The molecule has 0 fully saturated rings. The van der Waals surface area contributed by atoms with Gasteiger partial charge in [0, 0.05) is 11.5 Å². The first-order chi connectivity index (χ1) is 9.02. The number of benzene rings is 1. The van der Waals surface area contributed by atoms with Crippen LogP contribution in [0.1, 0.15) is 19.0 Å². The van der Waals surface area contributed by atoms with E-state index in [2.05, 4.69) is 28.0 Å². The van der Waals surface area contributed by atoms with E-state index in [9.17, 15) is 0 Å². The third kappa shape index (κ3) is 3.04. The predicted molar refractivity (Wildman–Crippen MR) is 80.8 cm³/mol. The van der Waals surface area contributed by atoms with Gasteiger partial charge in [-0.1, -0.05) is 40.9 Å². The number of aromatic nitrogens is 2. The number of nitrogens with two attached hydrogens (primary N) is 1. The van der Waals surface area contributed by atoms with Crippen molar-refractivity contribution in [1.82, 2.24) is 9.78 Å². The Balaban J connectivity index is 2.33. The molecule has 0 saturated carbocycles. The van der Waals surface area contributed by atoms with Crippen molar-refractivity contribution < 1.29 is 4.74 Å². The average Bonchev–Trinajstić information content (AvgIpc) is 2.60. The smallest absolute Gasteiger partial charge is 0.241 e. The first-order valence-electron chi connectivity index (χ1n) is 5.97. The summed E-state index contributed by atoms with van der Waals surface area (Å²) in [5, 5.41) is 4.88. The Morgan fingerprint density at radius 1 is 1.47 bits per heavy atom. The van der Waals surface area contributed by atoms with Crippen LogP contribution in [0.2, 0.25) is 5.02 Å². The number of halogens is 2. The van der Waals surface area contributed by atoms with E-state index in [1.54, 1.807) is 23.9 Å². The molecule has 2 aromatic rings. The molecular formula is C13H15BrClN3O. The highest BCUT2D eigenvalue weighted by molar-refractivity contribution is 9.10. The average molecular weight is 345 g/mol. The molecule has 0 atom stereocenters. The van der Waals surface area contributed by atoms with Crippen molar-refractivity contribution in [2.75, 3.05) is 5.73 Å². The lowest BCUT2D eigenvalue weighted by atomic mass is 10.2. The summed E-state index contributed by atoms with van der Waals surface area (Å²) in [4.78, 5) is 0. The van der Waals surface area contributed by atoms with E-state index in [0.29, 0.717) is 22.3 Å². The van der Waals surface area contributed by atoms with Crippen LogP contribution in [0.15, 0.2) is 22.7 Å². The minimum absolute atomic E-state index is 0.520. The Morgan fingerprint density at radius 3 is 2.84 bits per heavy atom. The highest BCUT2D eigenvalue weighted by atomic mass is 79.9. The van der Waals surface area contributed by atoms with Crippen LogP contribution in [-0.4, -0.2) is 9.78 Å². The molecule has 0 bridgehead atoms. The maximum absolute atomic E-state index is 6.13. The van der Waals surface area contributed by atoms with E-state index >= 15 is 0 Å². The monoisotopic (exact) mass is 343 g/mol. The number of anilines is 1. The lowest BCUT2D eigenvalue weighted by molar-refractivity contribution is 0.432. The molecule has 0 spiro atoms. The minimum atomic E-state index is 0.520. The molecule has 0 aliphatic heterocycles. The molecule has 6 heteroatoms.